The van der Waals surface area contributed by atoms with Crippen LogP contribution in [0.1, 0.15) is 26.5 Å². The summed E-state index contributed by atoms with van der Waals surface area (Å²) in [5, 5.41) is 2.22. The Balaban J connectivity index is 1.54. The maximum absolute atomic E-state index is 12.6. The number of sulfonamides is 1. The molecule has 11 heteroatoms. The smallest absolute Gasteiger partial charge is 0.284 e. The number of rotatable bonds is 6. The fourth-order valence-corrected chi connectivity index (χ4v) is 4.42. The zero-order valence-corrected chi connectivity index (χ0v) is 17.1. The van der Waals surface area contributed by atoms with Crippen LogP contribution in [-0.2, 0) is 14.8 Å². The van der Waals surface area contributed by atoms with Gasteiger partial charge in [0.05, 0.1) is 6.54 Å². The highest BCUT2D eigenvalue weighted by Gasteiger charge is 2.32. The van der Waals surface area contributed by atoms with E-state index in [9.17, 15) is 22.8 Å². The monoisotopic (exact) mass is 434 g/mol. The summed E-state index contributed by atoms with van der Waals surface area (Å²) in [6.45, 7) is 2.09. The molecule has 2 aromatic rings. The number of benzene rings is 1. The van der Waals surface area contributed by atoms with Crippen molar-refractivity contribution in [3.63, 3.8) is 0 Å². The van der Waals surface area contributed by atoms with E-state index in [1.807, 2.05) is 19.1 Å². The second-order valence-corrected chi connectivity index (χ2v) is 8.63. The maximum Gasteiger partial charge on any atom is 0.284 e. The van der Waals surface area contributed by atoms with Gasteiger partial charge in [-0.05, 0) is 30.7 Å². The van der Waals surface area contributed by atoms with Crippen LogP contribution in [-0.4, -0.2) is 68.1 Å². The predicted octanol–water partition coefficient (Wildman–Crippen LogP) is -0.0502. The average molecular weight is 434 g/mol. The van der Waals surface area contributed by atoms with Crippen LogP contribution in [0.5, 0.6) is 0 Å². The van der Waals surface area contributed by atoms with Crippen molar-refractivity contribution in [1.82, 2.24) is 14.5 Å². The number of aryl methyl sites for hydroxylation is 1. The van der Waals surface area contributed by atoms with E-state index < -0.39 is 15.9 Å². The molecule has 1 aliphatic rings. The van der Waals surface area contributed by atoms with Crippen LogP contribution in [0.15, 0.2) is 45.9 Å². The molecule has 0 aliphatic carbocycles. The summed E-state index contributed by atoms with van der Waals surface area (Å²) in [7, 11) is -3.94. The lowest BCUT2D eigenvalue weighted by Gasteiger charge is -2.33. The molecule has 1 fully saturated rings. The zero-order chi connectivity index (χ0) is 21.9. The summed E-state index contributed by atoms with van der Waals surface area (Å²) in [5.74, 6) is -1.75. The highest BCUT2D eigenvalue weighted by Crippen LogP contribution is 2.20. The fraction of sp³-hybridized carbons (Fsp3) is 0.316. The number of amides is 3. The Labute approximate surface area is 173 Å². The van der Waals surface area contributed by atoms with Crippen LogP contribution < -0.4 is 11.1 Å². The second kappa shape index (κ2) is 8.67. The zero-order valence-electron chi connectivity index (χ0n) is 16.3. The molecule has 0 bridgehead atoms. The average Bonchev–Trinajstić information content (AvgIpc) is 3.24. The van der Waals surface area contributed by atoms with Gasteiger partial charge in [0.25, 0.3) is 21.8 Å². The normalized spacial score (nSPS) is 15.0. The van der Waals surface area contributed by atoms with Gasteiger partial charge in [-0.15, -0.1) is 0 Å². The Morgan fingerprint density at radius 2 is 1.73 bits per heavy atom. The number of nitrogens with two attached hydrogens (primary N) is 1. The first kappa shape index (κ1) is 21.5. The van der Waals surface area contributed by atoms with Crippen LogP contribution in [0.3, 0.4) is 0 Å². The topological polar surface area (TPSA) is 143 Å². The summed E-state index contributed by atoms with van der Waals surface area (Å²) in [6, 6.07) is 9.43. The van der Waals surface area contributed by atoms with Crippen LogP contribution >= 0.6 is 0 Å². The van der Waals surface area contributed by atoms with E-state index in [0.29, 0.717) is 5.56 Å². The van der Waals surface area contributed by atoms with Gasteiger partial charge in [0.2, 0.25) is 11.0 Å². The van der Waals surface area contributed by atoms with E-state index in [4.69, 9.17) is 10.2 Å². The second-order valence-electron chi connectivity index (χ2n) is 6.77. The summed E-state index contributed by atoms with van der Waals surface area (Å²) in [5.41, 5.74) is 6.38. The number of nitrogens with one attached hydrogen (secondary N) is 1. The Morgan fingerprint density at radius 1 is 1.07 bits per heavy atom. The van der Waals surface area contributed by atoms with E-state index in [1.54, 1.807) is 12.1 Å². The summed E-state index contributed by atoms with van der Waals surface area (Å²) in [6.07, 6.45) is 0. The third-order valence-electron chi connectivity index (χ3n) is 4.80. The van der Waals surface area contributed by atoms with Crippen molar-refractivity contribution in [1.29, 1.82) is 0 Å². The number of hydrogen-bond donors (Lipinski definition) is 2. The molecule has 3 amide bonds. The number of primary amides is 1. The number of hydrogen-bond acceptors (Lipinski definition) is 6. The minimum atomic E-state index is -3.94. The van der Waals surface area contributed by atoms with Gasteiger partial charge >= 0.3 is 0 Å². The summed E-state index contributed by atoms with van der Waals surface area (Å²) >= 11 is 0. The van der Waals surface area contributed by atoms with E-state index in [0.717, 1.165) is 5.56 Å². The van der Waals surface area contributed by atoms with E-state index >= 15 is 0 Å². The fourth-order valence-electron chi connectivity index (χ4n) is 3.09. The number of carbonyl (C=O) groups is 3. The summed E-state index contributed by atoms with van der Waals surface area (Å²) in [4.78, 5) is 37.2. The molecule has 3 N–H and O–H groups in total. The van der Waals surface area contributed by atoms with Crippen LogP contribution in [0.25, 0.3) is 0 Å². The Hall–Kier alpha value is -3.18. The van der Waals surface area contributed by atoms with Gasteiger partial charge in [0, 0.05) is 31.7 Å². The predicted molar refractivity (Wildman–Crippen MR) is 106 cm³/mol. The molecule has 0 spiro atoms. The van der Waals surface area contributed by atoms with Crippen molar-refractivity contribution in [2.24, 2.45) is 5.73 Å². The molecule has 10 nitrogen and oxygen atoms in total. The Morgan fingerprint density at radius 3 is 2.33 bits per heavy atom. The Bertz CT molecular complexity index is 1070. The highest BCUT2D eigenvalue weighted by atomic mass is 32.2. The van der Waals surface area contributed by atoms with Gasteiger partial charge in [0.1, 0.15) is 0 Å². The molecule has 0 saturated carbocycles. The molecule has 30 heavy (non-hydrogen) atoms. The van der Waals surface area contributed by atoms with Crippen LogP contribution in [0, 0.1) is 6.92 Å². The number of carbonyl (C=O) groups excluding carboxylic acids is 3. The van der Waals surface area contributed by atoms with Crippen molar-refractivity contribution >= 4 is 27.7 Å². The van der Waals surface area contributed by atoms with E-state index in [1.165, 1.54) is 21.3 Å². The number of nitrogens with zero attached hydrogens (tertiary/aromatic N) is 2. The minimum absolute atomic E-state index is 0.0619. The van der Waals surface area contributed by atoms with Gasteiger partial charge in [-0.25, -0.2) is 8.42 Å². The standard InChI is InChI=1S/C19H22N4O6S/c1-13-4-2-3-5-14(13)19(26)21-12-16(24)22-8-10-23(11-9-22)30(27,28)17-7-6-15(29-17)18(20)25/h2-7H,8-12H2,1H3,(H2,20,25)(H,21,26). The van der Waals surface area contributed by atoms with Gasteiger partial charge in [-0.2, -0.15) is 4.31 Å². The largest absolute Gasteiger partial charge is 0.438 e. The van der Waals surface area contributed by atoms with Gasteiger partial charge < -0.3 is 20.4 Å². The molecule has 3 rings (SSSR count). The first-order valence-corrected chi connectivity index (χ1v) is 10.7. The first-order valence-electron chi connectivity index (χ1n) is 9.21. The molecule has 0 atom stereocenters. The lowest BCUT2D eigenvalue weighted by atomic mass is 10.1. The van der Waals surface area contributed by atoms with Crippen molar-refractivity contribution in [3.8, 4) is 0 Å². The van der Waals surface area contributed by atoms with Gasteiger partial charge in [0.15, 0.2) is 5.76 Å². The quantitative estimate of drug-likeness (QED) is 0.653. The van der Waals surface area contributed by atoms with Crippen molar-refractivity contribution in [3.05, 3.63) is 53.3 Å². The summed E-state index contributed by atoms with van der Waals surface area (Å²) < 4.78 is 31.4. The molecule has 0 radical (unpaired) electrons. The molecule has 1 aromatic heterocycles. The molecule has 1 saturated heterocycles. The molecular weight excluding hydrogens is 412 g/mol. The van der Waals surface area contributed by atoms with Gasteiger partial charge in [-0.1, -0.05) is 18.2 Å². The number of piperazine rings is 1. The minimum Gasteiger partial charge on any atom is -0.438 e. The number of furan rings is 1. The molecule has 0 unspecified atom stereocenters. The molecular formula is C19H22N4O6S. The lowest BCUT2D eigenvalue weighted by molar-refractivity contribution is -0.131. The highest BCUT2D eigenvalue weighted by molar-refractivity contribution is 7.89. The first-order chi connectivity index (χ1) is 14.2. The maximum atomic E-state index is 12.6. The van der Waals surface area contributed by atoms with Crippen molar-refractivity contribution < 1.29 is 27.2 Å². The van der Waals surface area contributed by atoms with Crippen molar-refractivity contribution in [2.75, 3.05) is 32.7 Å². The van der Waals surface area contributed by atoms with Crippen LogP contribution in [0.4, 0.5) is 0 Å². The molecule has 1 aliphatic heterocycles. The van der Waals surface area contributed by atoms with E-state index in [2.05, 4.69) is 5.32 Å². The van der Waals surface area contributed by atoms with Crippen LogP contribution in [0.2, 0.25) is 0 Å². The van der Waals surface area contributed by atoms with E-state index in [-0.39, 0.29) is 55.4 Å². The SMILES string of the molecule is Cc1ccccc1C(=O)NCC(=O)N1CCN(S(=O)(=O)c2ccc(C(N)=O)o2)CC1. The third kappa shape index (κ3) is 4.52. The van der Waals surface area contributed by atoms with Crippen molar-refractivity contribution in [2.45, 2.75) is 12.0 Å². The molecule has 160 valence electrons. The lowest BCUT2D eigenvalue weighted by Crippen LogP contribution is -2.52. The third-order valence-corrected chi connectivity index (χ3v) is 6.57. The van der Waals surface area contributed by atoms with Gasteiger partial charge in [-0.3, -0.25) is 14.4 Å². The Kier molecular flexibility index (Phi) is 6.22. The molecule has 1 aromatic carbocycles. The molecule has 2 heterocycles.